The SMILES string of the molecule is CCCOc1ccc(CC(=O)O)cc1-c1cc(-c2ccc(F)cc2)n(CC(O)CC)n1. The van der Waals surface area contributed by atoms with Crippen LogP contribution in [0.2, 0.25) is 0 Å². The Bertz CT molecular complexity index is 1030. The van der Waals surface area contributed by atoms with E-state index < -0.39 is 12.1 Å². The maximum atomic E-state index is 13.4. The lowest BCUT2D eigenvalue weighted by atomic mass is 10.0. The van der Waals surface area contributed by atoms with E-state index in [9.17, 15) is 19.4 Å². The Morgan fingerprint density at radius 3 is 2.55 bits per heavy atom. The van der Waals surface area contributed by atoms with Gasteiger partial charge in [0.05, 0.1) is 37.1 Å². The van der Waals surface area contributed by atoms with E-state index in [1.165, 1.54) is 12.1 Å². The second kappa shape index (κ2) is 10.2. The van der Waals surface area contributed by atoms with Crippen LogP contribution in [0.25, 0.3) is 22.5 Å². The first-order valence-corrected chi connectivity index (χ1v) is 10.4. The predicted molar refractivity (Wildman–Crippen MR) is 116 cm³/mol. The third kappa shape index (κ3) is 5.70. The molecule has 0 bridgehead atoms. The molecule has 1 heterocycles. The van der Waals surface area contributed by atoms with Crippen molar-refractivity contribution in [3.63, 3.8) is 0 Å². The number of nitrogens with zero attached hydrogens (tertiary/aromatic N) is 2. The number of hydrogen-bond donors (Lipinski definition) is 2. The van der Waals surface area contributed by atoms with Gasteiger partial charge in [-0.1, -0.05) is 19.9 Å². The number of rotatable bonds is 10. The minimum Gasteiger partial charge on any atom is -0.493 e. The van der Waals surface area contributed by atoms with Gasteiger partial charge in [0.2, 0.25) is 0 Å². The van der Waals surface area contributed by atoms with Crippen LogP contribution < -0.4 is 4.74 Å². The van der Waals surface area contributed by atoms with Gasteiger partial charge >= 0.3 is 5.97 Å². The van der Waals surface area contributed by atoms with Crippen LogP contribution >= 0.6 is 0 Å². The summed E-state index contributed by atoms with van der Waals surface area (Å²) in [6.07, 6.45) is 0.702. The van der Waals surface area contributed by atoms with E-state index in [0.29, 0.717) is 35.6 Å². The van der Waals surface area contributed by atoms with Gasteiger partial charge in [-0.3, -0.25) is 9.48 Å². The van der Waals surface area contributed by atoms with Crippen LogP contribution in [0, 0.1) is 5.82 Å². The van der Waals surface area contributed by atoms with Crippen molar-refractivity contribution in [3.05, 3.63) is 59.9 Å². The van der Waals surface area contributed by atoms with Gasteiger partial charge in [0.15, 0.2) is 0 Å². The second-order valence-electron chi connectivity index (χ2n) is 7.42. The fourth-order valence-electron chi connectivity index (χ4n) is 3.27. The molecule has 0 amide bonds. The Balaban J connectivity index is 2.11. The number of aromatic nitrogens is 2. The zero-order valence-corrected chi connectivity index (χ0v) is 17.7. The minimum absolute atomic E-state index is 0.110. The van der Waals surface area contributed by atoms with Crippen LogP contribution in [0.4, 0.5) is 4.39 Å². The summed E-state index contributed by atoms with van der Waals surface area (Å²) in [6, 6.07) is 13.2. The Morgan fingerprint density at radius 2 is 1.90 bits per heavy atom. The lowest BCUT2D eigenvalue weighted by Crippen LogP contribution is -2.16. The van der Waals surface area contributed by atoms with Gasteiger partial charge in [0.25, 0.3) is 0 Å². The normalized spacial score (nSPS) is 12.0. The van der Waals surface area contributed by atoms with E-state index in [1.807, 2.05) is 19.9 Å². The molecule has 6 nitrogen and oxygen atoms in total. The summed E-state index contributed by atoms with van der Waals surface area (Å²) in [4.78, 5) is 11.2. The molecule has 3 rings (SSSR count). The standard InChI is InChI=1S/C24H27FN2O4/c1-3-11-31-23-10-5-16(13-24(29)30)12-20(23)21-14-22(17-6-8-18(25)9-7-17)27(26-21)15-19(28)4-2/h5-10,12,14,19,28H,3-4,11,13,15H2,1-2H3,(H,29,30). The summed E-state index contributed by atoms with van der Waals surface area (Å²) < 4.78 is 21.0. The predicted octanol–water partition coefficient (Wildman–Crippen LogP) is 4.54. The number of aliphatic hydroxyl groups excluding tert-OH is 1. The Hall–Kier alpha value is -3.19. The molecule has 0 aliphatic carbocycles. The molecule has 0 aliphatic heterocycles. The first kappa shape index (κ1) is 22.5. The molecule has 0 fully saturated rings. The number of ether oxygens (including phenoxy) is 1. The van der Waals surface area contributed by atoms with Crippen molar-refractivity contribution in [2.24, 2.45) is 0 Å². The minimum atomic E-state index is -0.920. The van der Waals surface area contributed by atoms with Crippen LogP contribution in [0.5, 0.6) is 5.75 Å². The largest absolute Gasteiger partial charge is 0.493 e. The van der Waals surface area contributed by atoms with Crippen molar-refractivity contribution in [2.45, 2.75) is 45.8 Å². The topological polar surface area (TPSA) is 84.6 Å². The molecule has 0 spiro atoms. The summed E-state index contributed by atoms with van der Waals surface area (Å²) in [5.41, 5.74) is 3.41. The number of aliphatic hydroxyl groups is 1. The first-order valence-electron chi connectivity index (χ1n) is 10.4. The Kier molecular flexibility index (Phi) is 7.41. The highest BCUT2D eigenvalue weighted by Gasteiger charge is 2.18. The number of carbonyl (C=O) groups is 1. The average Bonchev–Trinajstić information content (AvgIpc) is 3.16. The average molecular weight is 426 g/mol. The zero-order valence-electron chi connectivity index (χ0n) is 17.7. The third-order valence-corrected chi connectivity index (χ3v) is 4.91. The number of carboxylic acids is 1. The van der Waals surface area contributed by atoms with Crippen molar-refractivity contribution in [1.82, 2.24) is 9.78 Å². The number of halogens is 1. The van der Waals surface area contributed by atoms with Crippen molar-refractivity contribution in [1.29, 1.82) is 0 Å². The number of hydrogen-bond acceptors (Lipinski definition) is 4. The lowest BCUT2D eigenvalue weighted by molar-refractivity contribution is -0.136. The quantitative estimate of drug-likeness (QED) is 0.497. The second-order valence-corrected chi connectivity index (χ2v) is 7.42. The van der Waals surface area contributed by atoms with Crippen molar-refractivity contribution in [2.75, 3.05) is 6.61 Å². The van der Waals surface area contributed by atoms with Gasteiger partial charge in [0, 0.05) is 11.1 Å². The van der Waals surface area contributed by atoms with Crippen LogP contribution in [0.1, 0.15) is 32.3 Å². The molecular formula is C24H27FN2O4. The fourth-order valence-corrected chi connectivity index (χ4v) is 3.27. The maximum absolute atomic E-state index is 13.4. The third-order valence-electron chi connectivity index (χ3n) is 4.91. The summed E-state index contributed by atoms with van der Waals surface area (Å²) >= 11 is 0. The molecule has 2 N–H and O–H groups in total. The van der Waals surface area contributed by atoms with Crippen molar-refractivity contribution >= 4 is 5.97 Å². The summed E-state index contributed by atoms with van der Waals surface area (Å²) in [6.45, 7) is 4.69. The fraction of sp³-hybridized carbons (Fsp3) is 0.333. The van der Waals surface area contributed by atoms with Gasteiger partial charge in [-0.15, -0.1) is 0 Å². The molecule has 2 aromatic carbocycles. The van der Waals surface area contributed by atoms with Gasteiger partial charge < -0.3 is 14.9 Å². The monoisotopic (exact) mass is 426 g/mol. The van der Waals surface area contributed by atoms with Crippen LogP contribution in [-0.2, 0) is 17.8 Å². The highest BCUT2D eigenvalue weighted by atomic mass is 19.1. The molecule has 0 radical (unpaired) electrons. The van der Waals surface area contributed by atoms with Crippen LogP contribution in [0.3, 0.4) is 0 Å². The molecule has 1 unspecified atom stereocenters. The van der Waals surface area contributed by atoms with Crippen molar-refractivity contribution < 1.29 is 24.1 Å². The van der Waals surface area contributed by atoms with Gasteiger partial charge in [0.1, 0.15) is 11.6 Å². The van der Waals surface area contributed by atoms with E-state index in [0.717, 1.165) is 17.7 Å². The summed E-state index contributed by atoms with van der Waals surface area (Å²) in [5.74, 6) is -0.639. The molecule has 0 aliphatic rings. The number of carboxylic acid groups (broad SMARTS) is 1. The van der Waals surface area contributed by atoms with Crippen molar-refractivity contribution in [3.8, 4) is 28.3 Å². The highest BCUT2D eigenvalue weighted by Crippen LogP contribution is 2.34. The maximum Gasteiger partial charge on any atom is 0.307 e. The Labute approximate surface area is 180 Å². The molecule has 0 saturated carbocycles. The highest BCUT2D eigenvalue weighted by molar-refractivity contribution is 5.76. The van der Waals surface area contributed by atoms with Gasteiger partial charge in [-0.2, -0.15) is 5.10 Å². The molecule has 164 valence electrons. The first-order chi connectivity index (χ1) is 14.9. The van der Waals surface area contributed by atoms with E-state index in [-0.39, 0.29) is 18.8 Å². The molecule has 7 heteroatoms. The molecule has 3 aromatic rings. The number of benzene rings is 2. The molecule has 1 atom stereocenters. The van der Waals surface area contributed by atoms with Crippen LogP contribution in [-0.4, -0.2) is 38.7 Å². The Morgan fingerprint density at radius 1 is 1.16 bits per heavy atom. The number of aliphatic carboxylic acids is 1. The van der Waals surface area contributed by atoms with Gasteiger partial charge in [-0.25, -0.2) is 4.39 Å². The van der Waals surface area contributed by atoms with E-state index in [2.05, 4.69) is 0 Å². The van der Waals surface area contributed by atoms with E-state index in [4.69, 9.17) is 9.84 Å². The summed E-state index contributed by atoms with van der Waals surface area (Å²) in [5, 5.41) is 24.1. The van der Waals surface area contributed by atoms with Gasteiger partial charge in [-0.05, 0) is 60.9 Å². The zero-order chi connectivity index (χ0) is 22.4. The molecule has 1 aromatic heterocycles. The van der Waals surface area contributed by atoms with E-state index in [1.54, 1.807) is 35.0 Å². The lowest BCUT2D eigenvalue weighted by Gasteiger charge is -2.12. The van der Waals surface area contributed by atoms with E-state index >= 15 is 0 Å². The molecule has 31 heavy (non-hydrogen) atoms. The molecule has 0 saturated heterocycles. The summed E-state index contributed by atoms with van der Waals surface area (Å²) in [7, 11) is 0. The smallest absolute Gasteiger partial charge is 0.307 e. The molecular weight excluding hydrogens is 399 g/mol. The van der Waals surface area contributed by atoms with Crippen LogP contribution in [0.15, 0.2) is 48.5 Å².